The van der Waals surface area contributed by atoms with Crippen molar-refractivity contribution in [3.8, 4) is 11.6 Å². The second kappa shape index (κ2) is 9.90. The zero-order valence-electron chi connectivity index (χ0n) is 18.4. The molecule has 1 aliphatic rings. The molecule has 2 aromatic heterocycles. The molecular weight excluding hydrogens is 473 g/mol. The maximum absolute atomic E-state index is 14.6. The summed E-state index contributed by atoms with van der Waals surface area (Å²) in [6, 6.07) is 3.23. The van der Waals surface area contributed by atoms with E-state index in [0.717, 1.165) is 12.4 Å². The molecule has 184 valence electrons. The van der Waals surface area contributed by atoms with Crippen LogP contribution in [-0.4, -0.2) is 50.8 Å². The van der Waals surface area contributed by atoms with Gasteiger partial charge in [-0.15, -0.1) is 0 Å². The third-order valence-electron chi connectivity index (χ3n) is 5.74. The lowest BCUT2D eigenvalue weighted by Gasteiger charge is -2.40. The Balaban J connectivity index is 1.40. The minimum absolute atomic E-state index is 0.0160. The molecule has 0 spiro atoms. The topological polar surface area (TPSA) is 80.2 Å². The first-order valence-corrected chi connectivity index (χ1v) is 10.6. The summed E-state index contributed by atoms with van der Waals surface area (Å²) in [5.41, 5.74) is 0.442. The average molecular weight is 493 g/mol. The minimum atomic E-state index is -2.92. The van der Waals surface area contributed by atoms with Crippen LogP contribution in [-0.2, 0) is 4.79 Å². The first kappa shape index (κ1) is 24.5. The van der Waals surface area contributed by atoms with Crippen molar-refractivity contribution in [3.05, 3.63) is 72.1 Å². The van der Waals surface area contributed by atoms with E-state index >= 15 is 0 Å². The molecule has 0 bridgehead atoms. The van der Waals surface area contributed by atoms with Crippen molar-refractivity contribution in [3.63, 3.8) is 0 Å². The van der Waals surface area contributed by atoms with Crippen LogP contribution in [0, 0.1) is 17.5 Å². The third kappa shape index (κ3) is 5.53. The van der Waals surface area contributed by atoms with Crippen LogP contribution in [0.2, 0.25) is 0 Å². The highest BCUT2D eigenvalue weighted by Gasteiger charge is 2.46. The van der Waals surface area contributed by atoms with E-state index < -0.39 is 53.4 Å². The van der Waals surface area contributed by atoms with E-state index in [9.17, 15) is 26.7 Å². The summed E-state index contributed by atoms with van der Waals surface area (Å²) in [6.45, 7) is 1.59. The number of benzene rings is 1. The van der Waals surface area contributed by atoms with Gasteiger partial charge in [-0.25, -0.2) is 31.9 Å². The SMILES string of the molecule is CC(C(=O)Nc1cnc(Oc2c(F)cc(F)cc2F)cn1)N1CCC(F)(F)[C@@H](c2ccncc2)C1. The Morgan fingerprint density at radius 1 is 1.14 bits per heavy atom. The van der Waals surface area contributed by atoms with Gasteiger partial charge in [-0.05, 0) is 24.6 Å². The number of carbonyl (C=O) groups is 1. The van der Waals surface area contributed by atoms with E-state index in [1.54, 1.807) is 11.8 Å². The number of nitrogens with one attached hydrogen (secondary N) is 1. The molecule has 1 fully saturated rings. The Hall–Kier alpha value is -3.67. The molecule has 1 aromatic carbocycles. The number of halogens is 5. The highest BCUT2D eigenvalue weighted by molar-refractivity contribution is 5.93. The molecule has 1 unspecified atom stereocenters. The Kier molecular flexibility index (Phi) is 6.92. The summed E-state index contributed by atoms with van der Waals surface area (Å²) >= 11 is 0. The lowest BCUT2D eigenvalue weighted by molar-refractivity contribution is -0.125. The van der Waals surface area contributed by atoms with Gasteiger partial charge in [0, 0.05) is 44.0 Å². The second-order valence-electron chi connectivity index (χ2n) is 8.04. The molecule has 3 heterocycles. The summed E-state index contributed by atoms with van der Waals surface area (Å²) in [6.07, 6.45) is 4.61. The number of ether oxygens (including phenoxy) is 1. The van der Waals surface area contributed by atoms with Crippen molar-refractivity contribution in [2.75, 3.05) is 18.4 Å². The lowest BCUT2D eigenvalue weighted by Crippen LogP contribution is -2.52. The fourth-order valence-corrected chi connectivity index (χ4v) is 3.78. The summed E-state index contributed by atoms with van der Waals surface area (Å²) in [5.74, 6) is -9.24. The number of aromatic nitrogens is 3. The van der Waals surface area contributed by atoms with Crippen LogP contribution in [0.25, 0.3) is 0 Å². The van der Waals surface area contributed by atoms with Crippen molar-refractivity contribution >= 4 is 11.7 Å². The molecule has 1 amide bonds. The molecule has 35 heavy (non-hydrogen) atoms. The van der Waals surface area contributed by atoms with Gasteiger partial charge >= 0.3 is 0 Å². The standard InChI is InChI=1S/C23H20F5N5O2/c1-13(33-7-4-23(27,28)16(12-33)14-2-5-29-6-3-14)22(34)32-19-10-31-20(11-30-19)35-21-17(25)8-15(24)9-18(21)26/h2-3,5-6,8-11,13,16H,4,7,12H2,1H3,(H,30,32,34)/t13?,16-/m1/s1. The number of carbonyl (C=O) groups excluding carboxylic acids is 1. The van der Waals surface area contributed by atoms with Gasteiger partial charge in [-0.2, -0.15) is 0 Å². The summed E-state index contributed by atoms with van der Waals surface area (Å²) in [5, 5.41) is 2.53. The lowest BCUT2D eigenvalue weighted by atomic mass is 9.87. The summed E-state index contributed by atoms with van der Waals surface area (Å²) in [4.78, 5) is 26.0. The summed E-state index contributed by atoms with van der Waals surface area (Å²) < 4.78 is 74.6. The molecule has 1 aliphatic heterocycles. The average Bonchev–Trinajstić information content (AvgIpc) is 2.82. The second-order valence-corrected chi connectivity index (χ2v) is 8.04. The van der Waals surface area contributed by atoms with Crippen LogP contribution >= 0.6 is 0 Å². The van der Waals surface area contributed by atoms with Crippen molar-refractivity contribution in [1.29, 1.82) is 0 Å². The molecule has 2 atom stereocenters. The number of hydrogen-bond acceptors (Lipinski definition) is 6. The van der Waals surface area contributed by atoms with E-state index in [1.165, 1.54) is 24.5 Å². The van der Waals surface area contributed by atoms with Gasteiger partial charge in [0.2, 0.25) is 17.5 Å². The van der Waals surface area contributed by atoms with Crippen molar-refractivity contribution in [1.82, 2.24) is 19.9 Å². The van der Waals surface area contributed by atoms with Crippen LogP contribution < -0.4 is 10.1 Å². The number of rotatable bonds is 6. The molecule has 3 aromatic rings. The minimum Gasteiger partial charge on any atom is -0.431 e. The van der Waals surface area contributed by atoms with Crippen molar-refractivity contribution < 1.29 is 31.5 Å². The predicted molar refractivity (Wildman–Crippen MR) is 115 cm³/mol. The predicted octanol–water partition coefficient (Wildman–Crippen LogP) is 4.53. The Morgan fingerprint density at radius 3 is 2.46 bits per heavy atom. The highest BCUT2D eigenvalue weighted by Crippen LogP contribution is 2.40. The van der Waals surface area contributed by atoms with Crippen molar-refractivity contribution in [2.24, 2.45) is 0 Å². The van der Waals surface area contributed by atoms with Gasteiger partial charge in [0.25, 0.3) is 5.92 Å². The zero-order valence-corrected chi connectivity index (χ0v) is 18.4. The van der Waals surface area contributed by atoms with E-state index in [0.29, 0.717) is 17.7 Å². The Morgan fingerprint density at radius 2 is 1.83 bits per heavy atom. The third-order valence-corrected chi connectivity index (χ3v) is 5.74. The fraction of sp³-hybridized carbons (Fsp3) is 0.304. The number of alkyl halides is 2. The molecule has 7 nitrogen and oxygen atoms in total. The fourth-order valence-electron chi connectivity index (χ4n) is 3.78. The molecule has 1 saturated heterocycles. The zero-order chi connectivity index (χ0) is 25.2. The Labute approximate surface area is 197 Å². The number of nitrogens with zero attached hydrogens (tertiary/aromatic N) is 4. The van der Waals surface area contributed by atoms with Gasteiger partial charge < -0.3 is 10.1 Å². The normalized spacial score (nSPS) is 18.6. The Bertz CT molecular complexity index is 1170. The molecular formula is C23H20F5N5O2. The van der Waals surface area contributed by atoms with Crippen LogP contribution in [0.15, 0.2) is 49.1 Å². The molecule has 0 radical (unpaired) electrons. The smallest absolute Gasteiger partial charge is 0.257 e. The van der Waals surface area contributed by atoms with Crippen LogP contribution in [0.4, 0.5) is 27.8 Å². The molecule has 4 rings (SSSR count). The van der Waals surface area contributed by atoms with E-state index in [-0.39, 0.29) is 24.8 Å². The first-order chi connectivity index (χ1) is 16.6. The number of hydrogen-bond donors (Lipinski definition) is 1. The van der Waals surface area contributed by atoms with Gasteiger partial charge in [0.15, 0.2) is 17.5 Å². The van der Waals surface area contributed by atoms with Gasteiger partial charge in [-0.3, -0.25) is 14.7 Å². The molecule has 0 aliphatic carbocycles. The van der Waals surface area contributed by atoms with Crippen LogP contribution in [0.3, 0.4) is 0 Å². The number of piperidine rings is 1. The molecule has 12 heteroatoms. The van der Waals surface area contributed by atoms with Gasteiger partial charge in [-0.1, -0.05) is 0 Å². The van der Waals surface area contributed by atoms with E-state index in [4.69, 9.17) is 4.74 Å². The summed E-state index contributed by atoms with van der Waals surface area (Å²) in [7, 11) is 0. The largest absolute Gasteiger partial charge is 0.431 e. The van der Waals surface area contributed by atoms with Gasteiger partial charge in [0.1, 0.15) is 5.82 Å². The number of amides is 1. The quantitative estimate of drug-likeness (QED) is 0.509. The van der Waals surface area contributed by atoms with Crippen LogP contribution in [0.5, 0.6) is 11.6 Å². The molecule has 0 saturated carbocycles. The number of anilines is 1. The van der Waals surface area contributed by atoms with Crippen LogP contribution in [0.1, 0.15) is 24.8 Å². The number of pyridine rings is 1. The molecule has 1 N–H and O–H groups in total. The monoisotopic (exact) mass is 493 g/mol. The van der Waals surface area contributed by atoms with Crippen molar-refractivity contribution in [2.45, 2.75) is 31.2 Å². The maximum atomic E-state index is 14.6. The van der Waals surface area contributed by atoms with Gasteiger partial charge in [0.05, 0.1) is 24.4 Å². The first-order valence-electron chi connectivity index (χ1n) is 10.6. The number of likely N-dealkylation sites (tertiary alicyclic amines) is 1. The highest BCUT2D eigenvalue weighted by atomic mass is 19.3. The van der Waals surface area contributed by atoms with E-state index in [1.807, 2.05) is 0 Å². The maximum Gasteiger partial charge on any atom is 0.257 e. The van der Waals surface area contributed by atoms with E-state index in [2.05, 4.69) is 20.3 Å².